The highest BCUT2D eigenvalue weighted by atomic mass is 32.2. The van der Waals surface area contributed by atoms with E-state index in [0.717, 1.165) is 0 Å². The molecule has 33 heavy (non-hydrogen) atoms. The highest BCUT2D eigenvalue weighted by molar-refractivity contribution is 7.92. The van der Waals surface area contributed by atoms with Crippen molar-refractivity contribution in [3.8, 4) is 5.75 Å². The van der Waals surface area contributed by atoms with Crippen LogP contribution in [0.25, 0.3) is 0 Å². The van der Waals surface area contributed by atoms with Crippen molar-refractivity contribution in [3.05, 3.63) is 35.2 Å². The Labute approximate surface area is 194 Å². The second kappa shape index (κ2) is 10.1. The van der Waals surface area contributed by atoms with Gasteiger partial charge in [-0.1, -0.05) is 12.1 Å². The van der Waals surface area contributed by atoms with Gasteiger partial charge in [0.1, 0.15) is 18.1 Å². The number of carbonyl (C=O) groups is 1. The zero-order chi connectivity index (χ0) is 24.3. The van der Waals surface area contributed by atoms with Crippen LogP contribution in [0.2, 0.25) is 0 Å². The van der Waals surface area contributed by atoms with Crippen molar-refractivity contribution in [1.82, 2.24) is 15.4 Å². The summed E-state index contributed by atoms with van der Waals surface area (Å²) < 4.78 is 44.9. The summed E-state index contributed by atoms with van der Waals surface area (Å²) in [6.45, 7) is 8.56. The lowest BCUT2D eigenvalue weighted by Gasteiger charge is -2.30. The maximum atomic E-state index is 13.2. The molecule has 0 spiro atoms. The quantitative estimate of drug-likeness (QED) is 0.683. The van der Waals surface area contributed by atoms with Crippen LogP contribution in [0, 0.1) is 19.8 Å². The number of benzene rings is 1. The highest BCUT2D eigenvalue weighted by Crippen LogP contribution is 2.28. The maximum absolute atomic E-state index is 13.2. The lowest BCUT2D eigenvalue weighted by Crippen LogP contribution is -2.44. The van der Waals surface area contributed by atoms with Crippen LogP contribution in [0.15, 0.2) is 27.6 Å². The Balaban J connectivity index is 1.94. The molecule has 182 valence electrons. The van der Waals surface area contributed by atoms with Gasteiger partial charge in [-0.2, -0.15) is 0 Å². The molecule has 1 aromatic carbocycles. The second-order valence-corrected chi connectivity index (χ2v) is 10.1. The van der Waals surface area contributed by atoms with Gasteiger partial charge in [-0.05, 0) is 38.8 Å². The third-order valence-electron chi connectivity index (χ3n) is 5.72. The summed E-state index contributed by atoms with van der Waals surface area (Å²) >= 11 is 0. The number of carbonyl (C=O) groups excluding carboxylic acids is 1. The van der Waals surface area contributed by atoms with E-state index in [2.05, 4.69) is 22.1 Å². The van der Waals surface area contributed by atoms with E-state index in [9.17, 15) is 13.2 Å². The SMILES string of the molecule is CO[C@H]1CN(C)C(=O)c2ccc(NS(=O)(=O)c3c(C)noc3C)cc2OC[C@@H](C)NC[C@H]1C. The van der Waals surface area contributed by atoms with E-state index in [4.69, 9.17) is 14.0 Å². The minimum Gasteiger partial charge on any atom is -0.491 e. The molecule has 1 amide bonds. The number of fused-ring (bicyclic) bond motifs is 1. The molecule has 3 rings (SSSR count). The van der Waals surface area contributed by atoms with Crippen molar-refractivity contribution < 1.29 is 27.2 Å². The summed E-state index contributed by atoms with van der Waals surface area (Å²) in [5, 5.41) is 7.13. The second-order valence-electron chi connectivity index (χ2n) is 8.53. The number of nitrogens with zero attached hydrogens (tertiary/aromatic N) is 2. The van der Waals surface area contributed by atoms with Crippen LogP contribution in [0.5, 0.6) is 5.75 Å². The van der Waals surface area contributed by atoms with Crippen molar-refractivity contribution in [1.29, 1.82) is 0 Å². The van der Waals surface area contributed by atoms with E-state index in [1.54, 1.807) is 32.0 Å². The number of aromatic nitrogens is 1. The van der Waals surface area contributed by atoms with E-state index >= 15 is 0 Å². The van der Waals surface area contributed by atoms with Gasteiger partial charge in [-0.15, -0.1) is 0 Å². The Morgan fingerprint density at radius 1 is 1.27 bits per heavy atom. The Hall–Kier alpha value is -2.63. The third-order valence-corrected chi connectivity index (χ3v) is 7.34. The molecule has 10 nitrogen and oxygen atoms in total. The molecular weight excluding hydrogens is 448 g/mol. The van der Waals surface area contributed by atoms with E-state index in [0.29, 0.717) is 31.0 Å². The van der Waals surface area contributed by atoms with Crippen molar-refractivity contribution in [2.75, 3.05) is 38.6 Å². The van der Waals surface area contributed by atoms with Gasteiger partial charge < -0.3 is 24.2 Å². The van der Waals surface area contributed by atoms with Gasteiger partial charge in [-0.25, -0.2) is 8.42 Å². The summed E-state index contributed by atoms with van der Waals surface area (Å²) in [6, 6.07) is 4.63. The largest absolute Gasteiger partial charge is 0.491 e. The number of hydrogen-bond donors (Lipinski definition) is 2. The van der Waals surface area contributed by atoms with Gasteiger partial charge in [0.05, 0.1) is 17.4 Å². The number of hydrogen-bond acceptors (Lipinski definition) is 8. The van der Waals surface area contributed by atoms with E-state index in [1.807, 2.05) is 6.92 Å². The first-order valence-electron chi connectivity index (χ1n) is 10.8. The lowest BCUT2D eigenvalue weighted by atomic mass is 10.0. The Bertz CT molecular complexity index is 1080. The fourth-order valence-corrected chi connectivity index (χ4v) is 5.17. The number of methoxy groups -OCH3 is 1. The zero-order valence-corrected chi connectivity index (χ0v) is 20.7. The molecule has 1 aromatic heterocycles. The maximum Gasteiger partial charge on any atom is 0.267 e. The predicted molar refractivity (Wildman–Crippen MR) is 123 cm³/mol. The fraction of sp³-hybridized carbons (Fsp3) is 0.545. The first-order valence-corrected chi connectivity index (χ1v) is 12.3. The van der Waals surface area contributed by atoms with Gasteiger partial charge >= 0.3 is 0 Å². The van der Waals surface area contributed by atoms with Crippen molar-refractivity contribution >= 4 is 21.6 Å². The topological polar surface area (TPSA) is 123 Å². The zero-order valence-electron chi connectivity index (χ0n) is 19.8. The summed E-state index contributed by atoms with van der Waals surface area (Å²) in [5.41, 5.74) is 0.870. The number of ether oxygens (including phenoxy) is 2. The molecule has 0 fully saturated rings. The van der Waals surface area contributed by atoms with E-state index in [1.165, 1.54) is 19.1 Å². The molecule has 0 saturated carbocycles. The number of likely N-dealkylation sites (N-methyl/N-ethyl adjacent to an activating group) is 1. The number of anilines is 1. The van der Waals surface area contributed by atoms with Crippen LogP contribution in [0.1, 0.15) is 35.7 Å². The van der Waals surface area contributed by atoms with E-state index in [-0.39, 0.29) is 46.0 Å². The summed E-state index contributed by atoms with van der Waals surface area (Å²) in [4.78, 5) is 14.8. The minimum absolute atomic E-state index is 0.00714. The Morgan fingerprint density at radius 2 is 2.00 bits per heavy atom. The van der Waals surface area contributed by atoms with Crippen molar-refractivity contribution in [2.24, 2.45) is 5.92 Å². The van der Waals surface area contributed by atoms with Gasteiger partial charge in [-0.3, -0.25) is 9.52 Å². The number of sulfonamides is 1. The fourth-order valence-electron chi connectivity index (χ4n) is 3.78. The molecule has 0 unspecified atom stereocenters. The predicted octanol–water partition coefficient (Wildman–Crippen LogP) is 2.19. The molecule has 1 aliphatic heterocycles. The summed E-state index contributed by atoms with van der Waals surface area (Å²) in [5.74, 6) is 0.441. The first kappa shape index (κ1) is 25.0. The molecule has 3 atom stereocenters. The molecule has 0 saturated heterocycles. The van der Waals surface area contributed by atoms with Crippen LogP contribution in [-0.4, -0.2) is 70.4 Å². The number of amides is 1. The van der Waals surface area contributed by atoms with Gasteiger partial charge in [0.25, 0.3) is 15.9 Å². The van der Waals surface area contributed by atoms with Crippen LogP contribution >= 0.6 is 0 Å². The van der Waals surface area contributed by atoms with Crippen LogP contribution in [-0.2, 0) is 14.8 Å². The summed E-state index contributed by atoms with van der Waals surface area (Å²) in [7, 11) is -0.585. The molecule has 0 aliphatic carbocycles. The van der Waals surface area contributed by atoms with Crippen LogP contribution in [0.3, 0.4) is 0 Å². The Morgan fingerprint density at radius 3 is 2.64 bits per heavy atom. The first-order chi connectivity index (χ1) is 15.5. The molecule has 0 radical (unpaired) electrons. The van der Waals surface area contributed by atoms with E-state index < -0.39 is 10.0 Å². The molecule has 11 heteroatoms. The van der Waals surface area contributed by atoms with Gasteiger partial charge in [0, 0.05) is 39.4 Å². The van der Waals surface area contributed by atoms with Crippen molar-refractivity contribution in [2.45, 2.75) is 44.7 Å². The minimum atomic E-state index is -3.94. The molecular formula is C22H32N4O6S. The Kier molecular flexibility index (Phi) is 7.65. The number of aryl methyl sites for hydroxylation is 2. The standard InChI is InChI=1S/C22H32N4O6S/c1-13-10-23-14(2)12-31-19-9-17(25-33(28,29)21-15(3)24-32-16(21)4)7-8-18(19)22(27)26(5)11-20(13)30-6/h7-9,13-14,20,23,25H,10-12H2,1-6H3/t13-,14-,20+/m1/s1. The lowest BCUT2D eigenvalue weighted by molar-refractivity contribution is 0.0281. The molecule has 2 heterocycles. The van der Waals surface area contributed by atoms with Gasteiger partial charge in [0.15, 0.2) is 10.7 Å². The highest BCUT2D eigenvalue weighted by Gasteiger charge is 2.27. The molecule has 2 aromatic rings. The average Bonchev–Trinajstić information content (AvgIpc) is 3.11. The average molecular weight is 481 g/mol. The molecule has 1 aliphatic rings. The van der Waals surface area contributed by atoms with Crippen LogP contribution < -0.4 is 14.8 Å². The molecule has 0 bridgehead atoms. The van der Waals surface area contributed by atoms with Gasteiger partial charge in [0.2, 0.25) is 0 Å². The smallest absolute Gasteiger partial charge is 0.267 e. The monoisotopic (exact) mass is 480 g/mol. The normalized spacial score (nSPS) is 22.7. The van der Waals surface area contributed by atoms with Crippen LogP contribution in [0.4, 0.5) is 5.69 Å². The number of rotatable bonds is 4. The summed E-state index contributed by atoms with van der Waals surface area (Å²) in [6.07, 6.45) is -0.136. The van der Waals surface area contributed by atoms with Crippen molar-refractivity contribution in [3.63, 3.8) is 0 Å². The third kappa shape index (κ3) is 5.66. The number of nitrogens with one attached hydrogen (secondary N) is 2. The molecule has 2 N–H and O–H groups in total.